The lowest BCUT2D eigenvalue weighted by atomic mass is 9.74. The predicted octanol–water partition coefficient (Wildman–Crippen LogP) is 10.6. The maximum atomic E-state index is 2.63. The summed E-state index contributed by atoms with van der Waals surface area (Å²) in [5.41, 5.74) is 10.6. The molecule has 2 heteroatoms. The predicted molar refractivity (Wildman–Crippen MR) is 200 cm³/mol. The quantitative estimate of drug-likeness (QED) is 0.150. The normalized spacial score (nSPS) is 21.4. The first kappa shape index (κ1) is 30.9. The van der Waals surface area contributed by atoms with Gasteiger partial charge in [0.15, 0.2) is 5.71 Å². The van der Waals surface area contributed by atoms with Crippen LogP contribution in [0.4, 0.5) is 11.4 Å². The topological polar surface area (TPSA) is 6.25 Å². The van der Waals surface area contributed by atoms with Crippen LogP contribution >= 0.6 is 0 Å². The molecule has 2 nitrogen and oxygen atoms in total. The molecule has 2 heterocycles. The van der Waals surface area contributed by atoms with Crippen LogP contribution in [0.25, 0.3) is 10.8 Å². The van der Waals surface area contributed by atoms with Crippen molar-refractivity contribution in [2.24, 2.45) is 5.92 Å². The molecule has 0 aromatic heterocycles. The van der Waals surface area contributed by atoms with E-state index in [9.17, 15) is 0 Å². The third-order valence-electron chi connectivity index (χ3n) is 10.6. The fourth-order valence-electron chi connectivity index (χ4n) is 8.29. The van der Waals surface area contributed by atoms with E-state index < -0.39 is 0 Å². The van der Waals surface area contributed by atoms with Gasteiger partial charge in [-0.05, 0) is 78.6 Å². The van der Waals surface area contributed by atoms with E-state index in [4.69, 9.17) is 0 Å². The van der Waals surface area contributed by atoms with Crippen LogP contribution in [0.1, 0.15) is 56.4 Å². The Hall–Kier alpha value is -4.69. The van der Waals surface area contributed by atoms with Gasteiger partial charge in [-0.25, -0.2) is 0 Å². The molecule has 5 aromatic carbocycles. The van der Waals surface area contributed by atoms with Crippen molar-refractivity contribution in [2.45, 2.75) is 57.8 Å². The van der Waals surface area contributed by atoms with Crippen molar-refractivity contribution >= 4 is 27.9 Å². The number of hydrogen-bond acceptors (Lipinski definition) is 1. The number of anilines is 1. The van der Waals surface area contributed by atoms with Crippen LogP contribution in [0.2, 0.25) is 0 Å². The summed E-state index contributed by atoms with van der Waals surface area (Å²) in [6.45, 7) is 10.6. The average molecular weight is 616 g/mol. The fraction of sp³-hybridized carbons (Fsp3) is 0.267. The maximum Gasteiger partial charge on any atom is 0.209 e. The van der Waals surface area contributed by atoms with Gasteiger partial charge in [-0.3, -0.25) is 0 Å². The van der Waals surface area contributed by atoms with E-state index in [2.05, 4.69) is 184 Å². The van der Waals surface area contributed by atoms with Gasteiger partial charge in [0.1, 0.15) is 7.05 Å². The van der Waals surface area contributed by atoms with Gasteiger partial charge in [0.2, 0.25) is 5.69 Å². The van der Waals surface area contributed by atoms with Crippen molar-refractivity contribution in [1.29, 1.82) is 0 Å². The number of hydrogen-bond donors (Lipinski definition) is 0. The van der Waals surface area contributed by atoms with E-state index in [1.807, 2.05) is 0 Å². The third kappa shape index (κ3) is 5.54. The van der Waals surface area contributed by atoms with Crippen LogP contribution < -0.4 is 4.90 Å². The highest BCUT2D eigenvalue weighted by atomic mass is 15.2. The lowest BCUT2D eigenvalue weighted by molar-refractivity contribution is -0.401. The first-order valence-corrected chi connectivity index (χ1v) is 17.3. The molecule has 2 aliphatic heterocycles. The van der Waals surface area contributed by atoms with Gasteiger partial charge >= 0.3 is 0 Å². The second-order valence-electron chi connectivity index (χ2n) is 14.4. The number of allylic oxidation sites excluding steroid dienone is 4. The molecule has 0 bridgehead atoms. The zero-order valence-electron chi connectivity index (χ0n) is 28.6. The largest absolute Gasteiger partial charge is 0.344 e. The average Bonchev–Trinajstić information content (AvgIpc) is 3.44. The van der Waals surface area contributed by atoms with Crippen LogP contribution in [0.5, 0.6) is 0 Å². The van der Waals surface area contributed by atoms with Crippen LogP contribution in [0, 0.1) is 5.92 Å². The molecule has 0 radical (unpaired) electrons. The number of nitrogens with zero attached hydrogens (tertiary/aromatic N) is 2. The first-order chi connectivity index (χ1) is 22.8. The van der Waals surface area contributed by atoms with Gasteiger partial charge in [-0.15, -0.1) is 0 Å². The molecule has 0 aliphatic carbocycles. The van der Waals surface area contributed by atoms with Crippen LogP contribution in [0.15, 0.2) is 145 Å². The van der Waals surface area contributed by atoms with Gasteiger partial charge in [0, 0.05) is 41.1 Å². The number of para-hydroxylation sites is 1. The summed E-state index contributed by atoms with van der Waals surface area (Å²) < 4.78 is 2.41. The number of rotatable bonds is 9. The summed E-state index contributed by atoms with van der Waals surface area (Å²) in [5.74, 6) is 0.622. The molecule has 5 aromatic rings. The van der Waals surface area contributed by atoms with Gasteiger partial charge in [-0.2, -0.15) is 4.58 Å². The van der Waals surface area contributed by atoms with Gasteiger partial charge in [0.05, 0.1) is 5.41 Å². The summed E-state index contributed by atoms with van der Waals surface area (Å²) in [7, 11) is 2.23. The molecule has 0 spiro atoms. The maximum absolute atomic E-state index is 2.63. The van der Waals surface area contributed by atoms with Gasteiger partial charge < -0.3 is 4.90 Å². The molecule has 0 saturated carbocycles. The van der Waals surface area contributed by atoms with E-state index in [-0.39, 0.29) is 10.8 Å². The second-order valence-corrected chi connectivity index (χ2v) is 14.4. The van der Waals surface area contributed by atoms with E-state index in [1.165, 1.54) is 55.8 Å². The molecule has 2 atom stereocenters. The zero-order chi connectivity index (χ0) is 32.6. The number of benzene rings is 5. The van der Waals surface area contributed by atoms with E-state index in [1.54, 1.807) is 0 Å². The lowest BCUT2D eigenvalue weighted by Crippen LogP contribution is -2.33. The van der Waals surface area contributed by atoms with Gasteiger partial charge in [-0.1, -0.05) is 129 Å². The summed E-state index contributed by atoms with van der Waals surface area (Å²) in [6.07, 6.45) is 10.2. The summed E-state index contributed by atoms with van der Waals surface area (Å²) in [6, 6.07) is 44.6. The molecule has 0 amide bonds. The third-order valence-corrected chi connectivity index (χ3v) is 10.6. The minimum atomic E-state index is -0.193. The SMILES string of the molecule is CC(C)CCN1C(=CC=CC2=[N+](C)c3ccccc3C2(C)Cc2ccccc2)C(C)(Cc2ccccc2)c2c1ccc1ccccc21. The highest BCUT2D eigenvalue weighted by Gasteiger charge is 2.47. The van der Waals surface area contributed by atoms with Crippen LogP contribution in [-0.4, -0.2) is 23.9 Å². The molecule has 2 unspecified atom stereocenters. The Morgan fingerprint density at radius 2 is 1.32 bits per heavy atom. The second kappa shape index (κ2) is 12.5. The Morgan fingerprint density at radius 1 is 0.702 bits per heavy atom. The molecule has 47 heavy (non-hydrogen) atoms. The molecule has 0 N–H and O–H groups in total. The Kier molecular flexibility index (Phi) is 8.22. The Labute approximate surface area is 281 Å². The first-order valence-electron chi connectivity index (χ1n) is 17.3. The van der Waals surface area contributed by atoms with Crippen molar-refractivity contribution in [3.63, 3.8) is 0 Å². The summed E-state index contributed by atoms with van der Waals surface area (Å²) in [4.78, 5) is 2.63. The molecular formula is C45H47N2+. The molecule has 7 rings (SSSR count). The summed E-state index contributed by atoms with van der Waals surface area (Å²) >= 11 is 0. The summed E-state index contributed by atoms with van der Waals surface area (Å²) in [5, 5.41) is 2.67. The van der Waals surface area contributed by atoms with E-state index >= 15 is 0 Å². The standard InChI is InChI=1S/C45H47N2/c1-33(2)29-30-47-40-28-27-36-21-12-13-22-37(36)43(40)45(4,32-35-19-10-7-11-20-35)42(47)26-16-25-41-44(3,31-34-17-8-6-9-18-34)38-23-14-15-24-39(38)46(41)5/h6-28,33H,29-32H2,1-5H3/q+1. The van der Waals surface area contributed by atoms with E-state index in [0.717, 1.165) is 25.8 Å². The smallest absolute Gasteiger partial charge is 0.209 e. The molecule has 2 aliphatic rings. The monoisotopic (exact) mass is 615 g/mol. The minimum absolute atomic E-state index is 0.138. The molecular weight excluding hydrogens is 569 g/mol. The van der Waals surface area contributed by atoms with Crippen molar-refractivity contribution in [3.05, 3.63) is 168 Å². The fourth-order valence-corrected chi connectivity index (χ4v) is 8.29. The minimum Gasteiger partial charge on any atom is -0.344 e. The number of fused-ring (bicyclic) bond motifs is 4. The zero-order valence-corrected chi connectivity index (χ0v) is 28.6. The van der Waals surface area contributed by atoms with Crippen molar-refractivity contribution in [3.8, 4) is 0 Å². The Balaban J connectivity index is 1.37. The van der Waals surface area contributed by atoms with E-state index in [0.29, 0.717) is 5.92 Å². The van der Waals surface area contributed by atoms with Crippen molar-refractivity contribution in [1.82, 2.24) is 0 Å². The highest BCUT2D eigenvalue weighted by Crippen LogP contribution is 2.53. The Bertz CT molecular complexity index is 2000. The van der Waals surface area contributed by atoms with Crippen molar-refractivity contribution < 1.29 is 4.58 Å². The van der Waals surface area contributed by atoms with Gasteiger partial charge in [0.25, 0.3) is 0 Å². The van der Waals surface area contributed by atoms with Crippen molar-refractivity contribution in [2.75, 3.05) is 18.5 Å². The lowest BCUT2D eigenvalue weighted by Gasteiger charge is -2.31. The molecule has 0 fully saturated rings. The molecule has 236 valence electrons. The van der Waals surface area contributed by atoms with Crippen LogP contribution in [0.3, 0.4) is 0 Å². The highest BCUT2D eigenvalue weighted by molar-refractivity contribution is 6.04. The molecule has 0 saturated heterocycles. The Morgan fingerprint density at radius 3 is 2.02 bits per heavy atom. The van der Waals surface area contributed by atoms with Crippen LogP contribution in [-0.2, 0) is 23.7 Å².